The first-order valence-electron chi connectivity index (χ1n) is 5.30. The number of nitrogens with zero attached hydrogens (tertiary/aromatic N) is 1. The van der Waals surface area contributed by atoms with E-state index in [2.05, 4.69) is 13.8 Å². The minimum Gasteiger partial charge on any atom is -0.343 e. The van der Waals surface area contributed by atoms with Gasteiger partial charge in [-0.1, -0.05) is 20.8 Å². The Hall–Kier alpha value is -0.530. The Morgan fingerprint density at radius 2 is 1.85 bits per heavy atom. The van der Waals surface area contributed by atoms with Gasteiger partial charge in [0.15, 0.2) is 0 Å². The summed E-state index contributed by atoms with van der Waals surface area (Å²) in [6.07, 6.45) is 3.69. The minimum absolute atomic E-state index is 0.172. The van der Waals surface area contributed by atoms with Crippen molar-refractivity contribution in [2.45, 2.75) is 46.1 Å². The third-order valence-corrected chi connectivity index (χ3v) is 3.36. The quantitative estimate of drug-likeness (QED) is 0.657. The molecule has 1 atom stereocenters. The molecule has 1 saturated carbocycles. The van der Waals surface area contributed by atoms with E-state index in [1.54, 1.807) is 0 Å². The molecule has 2 heteroatoms. The molecule has 0 spiro atoms. The standard InChI is InChI=1S/C11H21NO/c1-8(2)9(3)11(13)12(4)10-6-5-7-10/h8-10H,5-7H2,1-4H3/t9-/m1/s1. The van der Waals surface area contributed by atoms with Crippen molar-refractivity contribution < 1.29 is 4.79 Å². The van der Waals surface area contributed by atoms with E-state index in [-0.39, 0.29) is 5.92 Å². The highest BCUT2D eigenvalue weighted by Gasteiger charge is 2.29. The van der Waals surface area contributed by atoms with Crippen molar-refractivity contribution in [2.24, 2.45) is 11.8 Å². The summed E-state index contributed by atoms with van der Waals surface area (Å²) in [6, 6.07) is 0.536. The van der Waals surface area contributed by atoms with Crippen LogP contribution >= 0.6 is 0 Å². The molecule has 0 N–H and O–H groups in total. The predicted molar refractivity (Wildman–Crippen MR) is 54.4 cm³/mol. The Bertz CT molecular complexity index is 185. The number of hydrogen-bond acceptors (Lipinski definition) is 1. The van der Waals surface area contributed by atoms with Crippen LogP contribution in [0.4, 0.5) is 0 Å². The van der Waals surface area contributed by atoms with Gasteiger partial charge in [-0.05, 0) is 25.2 Å². The van der Waals surface area contributed by atoms with Gasteiger partial charge in [0.2, 0.25) is 5.91 Å². The van der Waals surface area contributed by atoms with E-state index >= 15 is 0 Å². The fourth-order valence-electron chi connectivity index (χ4n) is 1.56. The second-order valence-corrected chi connectivity index (χ2v) is 4.57. The van der Waals surface area contributed by atoms with E-state index in [0.717, 1.165) is 0 Å². The van der Waals surface area contributed by atoms with Crippen molar-refractivity contribution in [3.05, 3.63) is 0 Å². The molecule has 0 radical (unpaired) electrons. The van der Waals surface area contributed by atoms with Crippen molar-refractivity contribution >= 4 is 5.91 Å². The average Bonchev–Trinajstić information content (AvgIpc) is 1.98. The molecule has 76 valence electrons. The van der Waals surface area contributed by atoms with Gasteiger partial charge in [0.1, 0.15) is 0 Å². The van der Waals surface area contributed by atoms with E-state index in [0.29, 0.717) is 17.9 Å². The molecule has 2 nitrogen and oxygen atoms in total. The molecule has 0 aromatic heterocycles. The van der Waals surface area contributed by atoms with Gasteiger partial charge >= 0.3 is 0 Å². The third-order valence-electron chi connectivity index (χ3n) is 3.36. The lowest BCUT2D eigenvalue weighted by molar-refractivity contribution is -0.138. The van der Waals surface area contributed by atoms with E-state index in [9.17, 15) is 4.79 Å². The number of amides is 1. The molecule has 0 unspecified atom stereocenters. The second kappa shape index (κ2) is 4.12. The lowest BCUT2D eigenvalue weighted by Crippen LogP contribution is -2.44. The number of hydrogen-bond donors (Lipinski definition) is 0. The summed E-state index contributed by atoms with van der Waals surface area (Å²) in [5.41, 5.74) is 0. The molecule has 0 aromatic rings. The minimum atomic E-state index is 0.172. The van der Waals surface area contributed by atoms with Crippen LogP contribution in [0.15, 0.2) is 0 Å². The molecule has 13 heavy (non-hydrogen) atoms. The maximum atomic E-state index is 11.8. The SMILES string of the molecule is CC(C)[C@@H](C)C(=O)N(C)C1CCC1. The summed E-state index contributed by atoms with van der Waals surface area (Å²) in [5.74, 6) is 0.945. The van der Waals surface area contributed by atoms with Gasteiger partial charge < -0.3 is 4.90 Å². The molecule has 1 aliphatic carbocycles. The van der Waals surface area contributed by atoms with Crippen molar-refractivity contribution in [2.75, 3.05) is 7.05 Å². The molecule has 1 rings (SSSR count). The highest BCUT2D eigenvalue weighted by Crippen LogP contribution is 2.25. The molecular weight excluding hydrogens is 162 g/mol. The molecule has 1 fully saturated rings. The summed E-state index contributed by atoms with van der Waals surface area (Å²) in [4.78, 5) is 13.8. The highest BCUT2D eigenvalue weighted by molar-refractivity contribution is 5.78. The largest absolute Gasteiger partial charge is 0.343 e. The monoisotopic (exact) mass is 183 g/mol. The van der Waals surface area contributed by atoms with Crippen LogP contribution in [-0.2, 0) is 4.79 Å². The molecule has 1 aliphatic rings. The van der Waals surface area contributed by atoms with Gasteiger partial charge in [-0.2, -0.15) is 0 Å². The van der Waals surface area contributed by atoms with Crippen LogP contribution in [0.25, 0.3) is 0 Å². The first-order valence-corrected chi connectivity index (χ1v) is 5.30. The van der Waals surface area contributed by atoms with Gasteiger partial charge in [-0.3, -0.25) is 4.79 Å². The number of rotatable bonds is 3. The Labute approximate surface area is 81.3 Å². The lowest BCUT2D eigenvalue weighted by atomic mass is 9.89. The zero-order chi connectivity index (χ0) is 10.0. The third kappa shape index (κ3) is 2.23. The Kier molecular flexibility index (Phi) is 3.34. The van der Waals surface area contributed by atoms with Gasteiger partial charge in [-0.25, -0.2) is 0 Å². The average molecular weight is 183 g/mol. The summed E-state index contributed by atoms with van der Waals surface area (Å²) >= 11 is 0. The molecule has 0 heterocycles. The van der Waals surface area contributed by atoms with E-state index in [1.807, 2.05) is 18.9 Å². The molecule has 1 amide bonds. The van der Waals surface area contributed by atoms with Crippen LogP contribution in [0.5, 0.6) is 0 Å². The molecule has 0 aliphatic heterocycles. The normalized spacial score (nSPS) is 19.8. The Balaban J connectivity index is 2.45. The smallest absolute Gasteiger partial charge is 0.225 e. The maximum Gasteiger partial charge on any atom is 0.225 e. The van der Waals surface area contributed by atoms with E-state index in [1.165, 1.54) is 19.3 Å². The lowest BCUT2D eigenvalue weighted by Gasteiger charge is -2.36. The molecule has 0 aromatic carbocycles. The molecule has 0 bridgehead atoms. The molecule has 0 saturated heterocycles. The van der Waals surface area contributed by atoms with Crippen molar-refractivity contribution in [3.8, 4) is 0 Å². The van der Waals surface area contributed by atoms with Gasteiger partial charge in [0, 0.05) is 19.0 Å². The van der Waals surface area contributed by atoms with E-state index < -0.39 is 0 Å². The predicted octanol–water partition coefficient (Wildman–Crippen LogP) is 2.29. The van der Waals surface area contributed by atoms with Crippen LogP contribution in [0, 0.1) is 11.8 Å². The Morgan fingerprint density at radius 1 is 1.31 bits per heavy atom. The van der Waals surface area contributed by atoms with Crippen LogP contribution in [0.1, 0.15) is 40.0 Å². The summed E-state index contributed by atoms with van der Waals surface area (Å²) < 4.78 is 0. The first kappa shape index (κ1) is 10.6. The van der Waals surface area contributed by atoms with Gasteiger partial charge in [0.05, 0.1) is 0 Å². The fourth-order valence-corrected chi connectivity index (χ4v) is 1.56. The number of carbonyl (C=O) groups is 1. The fraction of sp³-hybridized carbons (Fsp3) is 0.909. The van der Waals surface area contributed by atoms with Crippen LogP contribution in [0.2, 0.25) is 0 Å². The highest BCUT2D eigenvalue weighted by atomic mass is 16.2. The van der Waals surface area contributed by atoms with Crippen LogP contribution < -0.4 is 0 Å². The molecular formula is C11H21NO. The topological polar surface area (TPSA) is 20.3 Å². The zero-order valence-corrected chi connectivity index (χ0v) is 9.21. The summed E-state index contributed by atoms with van der Waals surface area (Å²) in [6.45, 7) is 6.25. The van der Waals surface area contributed by atoms with Gasteiger partial charge in [-0.15, -0.1) is 0 Å². The van der Waals surface area contributed by atoms with Crippen molar-refractivity contribution in [1.82, 2.24) is 4.90 Å². The summed E-state index contributed by atoms with van der Waals surface area (Å²) in [7, 11) is 1.95. The van der Waals surface area contributed by atoms with Crippen LogP contribution in [-0.4, -0.2) is 23.9 Å². The maximum absolute atomic E-state index is 11.8. The van der Waals surface area contributed by atoms with Crippen molar-refractivity contribution in [1.29, 1.82) is 0 Å². The number of carbonyl (C=O) groups excluding carboxylic acids is 1. The Morgan fingerprint density at radius 3 is 2.15 bits per heavy atom. The second-order valence-electron chi connectivity index (χ2n) is 4.57. The summed E-state index contributed by atoms with van der Waals surface area (Å²) in [5, 5.41) is 0. The zero-order valence-electron chi connectivity index (χ0n) is 9.21. The van der Waals surface area contributed by atoms with Crippen LogP contribution in [0.3, 0.4) is 0 Å². The van der Waals surface area contributed by atoms with Crippen molar-refractivity contribution in [3.63, 3.8) is 0 Å². The first-order chi connectivity index (χ1) is 6.04. The van der Waals surface area contributed by atoms with E-state index in [4.69, 9.17) is 0 Å². The van der Waals surface area contributed by atoms with Gasteiger partial charge in [0.25, 0.3) is 0 Å².